The van der Waals surface area contributed by atoms with E-state index in [9.17, 15) is 5.11 Å². The molecule has 19 heavy (non-hydrogen) atoms. The molecule has 2 fully saturated rings. The molecule has 0 saturated carbocycles. The minimum absolute atomic E-state index is 0.119. The number of rotatable bonds is 4. The third-order valence-electron chi connectivity index (χ3n) is 4.09. The summed E-state index contributed by atoms with van der Waals surface area (Å²) >= 11 is 3.64. The van der Waals surface area contributed by atoms with Gasteiger partial charge in [0.25, 0.3) is 0 Å². The molecule has 0 aromatic carbocycles. The Kier molecular flexibility index (Phi) is 4.49. The van der Waals surface area contributed by atoms with Crippen LogP contribution in [0.15, 0.2) is 16.8 Å². The lowest BCUT2D eigenvalue weighted by Gasteiger charge is -2.38. The second-order valence-corrected chi connectivity index (χ2v) is 7.39. The van der Waals surface area contributed by atoms with Crippen molar-refractivity contribution >= 4 is 23.1 Å². The van der Waals surface area contributed by atoms with Crippen molar-refractivity contribution in [1.82, 2.24) is 5.32 Å². The number of nitrogens with one attached hydrogen (secondary N) is 1. The Morgan fingerprint density at radius 2 is 2.53 bits per heavy atom. The van der Waals surface area contributed by atoms with Crippen LogP contribution in [0.3, 0.4) is 0 Å². The van der Waals surface area contributed by atoms with Gasteiger partial charge in [-0.25, -0.2) is 0 Å². The van der Waals surface area contributed by atoms with E-state index in [0.29, 0.717) is 12.6 Å². The number of thiophene rings is 1. The predicted octanol–water partition coefficient (Wildman–Crippen LogP) is 2.43. The average Bonchev–Trinajstić information content (AvgIpc) is 3.08. The van der Waals surface area contributed by atoms with E-state index in [1.807, 2.05) is 28.6 Å². The van der Waals surface area contributed by atoms with Crippen molar-refractivity contribution in [1.29, 1.82) is 0 Å². The summed E-state index contributed by atoms with van der Waals surface area (Å²) in [5, 5.41) is 17.7. The monoisotopic (exact) mass is 299 g/mol. The molecular formula is C14H21NO2S2. The van der Waals surface area contributed by atoms with Crippen LogP contribution in [-0.4, -0.2) is 41.4 Å². The number of hydrogen-bond donors (Lipinski definition) is 2. The number of aliphatic hydroxyl groups is 1. The van der Waals surface area contributed by atoms with E-state index in [-0.39, 0.29) is 11.7 Å². The van der Waals surface area contributed by atoms with Crippen molar-refractivity contribution in [2.24, 2.45) is 0 Å². The van der Waals surface area contributed by atoms with Crippen molar-refractivity contribution in [2.75, 3.05) is 24.7 Å². The van der Waals surface area contributed by atoms with Gasteiger partial charge in [-0.3, -0.25) is 0 Å². The van der Waals surface area contributed by atoms with Gasteiger partial charge in [-0.05, 0) is 47.4 Å². The van der Waals surface area contributed by atoms with Gasteiger partial charge in [-0.2, -0.15) is 23.1 Å². The fourth-order valence-corrected chi connectivity index (χ4v) is 5.01. The van der Waals surface area contributed by atoms with Gasteiger partial charge >= 0.3 is 0 Å². The fraction of sp³-hybridized carbons (Fsp3) is 0.714. The van der Waals surface area contributed by atoms with Crippen LogP contribution < -0.4 is 5.32 Å². The van der Waals surface area contributed by atoms with E-state index in [1.165, 1.54) is 12.2 Å². The lowest BCUT2D eigenvalue weighted by atomic mass is 9.90. The van der Waals surface area contributed by atoms with Crippen LogP contribution in [0.2, 0.25) is 0 Å². The summed E-state index contributed by atoms with van der Waals surface area (Å²) in [6.45, 7) is 1.50. The first-order chi connectivity index (χ1) is 9.27. The molecule has 3 atom stereocenters. The molecular weight excluding hydrogens is 278 g/mol. The Hall–Kier alpha value is -0.0700. The Bertz CT molecular complexity index is 390. The van der Waals surface area contributed by atoms with Crippen molar-refractivity contribution < 1.29 is 9.84 Å². The maximum atomic E-state index is 10.1. The van der Waals surface area contributed by atoms with Gasteiger partial charge in [0.2, 0.25) is 0 Å². The number of hydrogen-bond acceptors (Lipinski definition) is 5. The normalized spacial score (nSPS) is 32.8. The summed E-state index contributed by atoms with van der Waals surface area (Å²) in [5.41, 5.74) is 1.14. The molecule has 2 N–H and O–H groups in total. The van der Waals surface area contributed by atoms with Gasteiger partial charge in [-0.15, -0.1) is 0 Å². The minimum Gasteiger partial charge on any atom is -0.387 e. The summed E-state index contributed by atoms with van der Waals surface area (Å²) in [7, 11) is 0. The molecule has 0 aliphatic carbocycles. The van der Waals surface area contributed by atoms with Crippen molar-refractivity contribution in [3.05, 3.63) is 22.4 Å². The zero-order chi connectivity index (χ0) is 13.1. The first-order valence-corrected chi connectivity index (χ1v) is 9.02. The van der Waals surface area contributed by atoms with E-state index in [1.54, 1.807) is 11.3 Å². The summed E-state index contributed by atoms with van der Waals surface area (Å²) < 4.78 is 6.01. The smallest absolute Gasteiger partial charge is 0.0922 e. The van der Waals surface area contributed by atoms with E-state index in [2.05, 4.69) is 5.32 Å². The largest absolute Gasteiger partial charge is 0.387 e. The van der Waals surface area contributed by atoms with Crippen LogP contribution >= 0.6 is 23.1 Å². The van der Waals surface area contributed by atoms with Gasteiger partial charge in [0.15, 0.2) is 0 Å². The first-order valence-electron chi connectivity index (χ1n) is 6.93. The molecule has 5 heteroatoms. The van der Waals surface area contributed by atoms with Gasteiger partial charge in [0.1, 0.15) is 0 Å². The number of ether oxygens (including phenoxy) is 1. The van der Waals surface area contributed by atoms with E-state index in [4.69, 9.17) is 4.74 Å². The zero-order valence-electron chi connectivity index (χ0n) is 11.0. The summed E-state index contributed by atoms with van der Waals surface area (Å²) in [5.74, 6) is 2.36. The molecule has 0 radical (unpaired) electrons. The molecule has 1 aromatic rings. The Balaban J connectivity index is 1.50. The molecule has 3 nitrogen and oxygen atoms in total. The van der Waals surface area contributed by atoms with Gasteiger partial charge in [-0.1, -0.05) is 0 Å². The SMILES string of the molecule is OC(CNC1CCOC2(CCSC2)C1)c1ccsc1. The van der Waals surface area contributed by atoms with Crippen molar-refractivity contribution in [2.45, 2.75) is 37.0 Å². The standard InChI is InChI=1S/C14H21NO2S2/c16-13(11-2-5-18-9-11)8-15-12-1-4-17-14(7-12)3-6-19-10-14/h2,5,9,12-13,15-16H,1,3-4,6-8,10H2. The van der Waals surface area contributed by atoms with Crippen LogP contribution in [0.4, 0.5) is 0 Å². The van der Waals surface area contributed by atoms with Crippen molar-refractivity contribution in [3.63, 3.8) is 0 Å². The topological polar surface area (TPSA) is 41.5 Å². The average molecular weight is 299 g/mol. The van der Waals surface area contributed by atoms with Crippen molar-refractivity contribution in [3.8, 4) is 0 Å². The van der Waals surface area contributed by atoms with Crippen LogP contribution in [0.1, 0.15) is 30.9 Å². The van der Waals surface area contributed by atoms with Gasteiger partial charge < -0.3 is 15.2 Å². The van der Waals surface area contributed by atoms with E-state index < -0.39 is 0 Å². The second kappa shape index (κ2) is 6.14. The number of aliphatic hydroxyl groups excluding tert-OH is 1. The van der Waals surface area contributed by atoms with Crippen LogP contribution in [-0.2, 0) is 4.74 Å². The van der Waals surface area contributed by atoms with Crippen LogP contribution in [0.5, 0.6) is 0 Å². The number of thioether (sulfide) groups is 1. The summed E-state index contributed by atoms with van der Waals surface area (Å²) in [6, 6.07) is 2.48. The molecule has 0 amide bonds. The molecule has 1 spiro atoms. The summed E-state index contributed by atoms with van der Waals surface area (Å²) in [6.07, 6.45) is 2.95. The fourth-order valence-electron chi connectivity index (χ4n) is 2.93. The lowest BCUT2D eigenvalue weighted by Crippen LogP contribution is -2.47. The Labute approximate surface area is 122 Å². The molecule has 3 heterocycles. The quantitative estimate of drug-likeness (QED) is 0.896. The molecule has 3 unspecified atom stereocenters. The minimum atomic E-state index is -0.386. The van der Waals surface area contributed by atoms with Gasteiger partial charge in [0, 0.05) is 24.9 Å². The summed E-state index contributed by atoms with van der Waals surface area (Å²) in [4.78, 5) is 0. The molecule has 3 rings (SSSR count). The van der Waals surface area contributed by atoms with Gasteiger partial charge in [0.05, 0.1) is 11.7 Å². The lowest BCUT2D eigenvalue weighted by molar-refractivity contribution is -0.0710. The third kappa shape index (κ3) is 3.34. The maximum Gasteiger partial charge on any atom is 0.0922 e. The van der Waals surface area contributed by atoms with E-state index >= 15 is 0 Å². The molecule has 106 valence electrons. The third-order valence-corrected chi connectivity index (χ3v) is 6.01. The Morgan fingerprint density at radius 1 is 1.58 bits per heavy atom. The maximum absolute atomic E-state index is 10.1. The zero-order valence-corrected chi connectivity index (χ0v) is 12.6. The Morgan fingerprint density at radius 3 is 3.26 bits per heavy atom. The molecule has 2 aliphatic heterocycles. The molecule has 2 saturated heterocycles. The molecule has 0 bridgehead atoms. The first kappa shape index (κ1) is 13.9. The van der Waals surface area contributed by atoms with Crippen LogP contribution in [0, 0.1) is 0 Å². The highest BCUT2D eigenvalue weighted by molar-refractivity contribution is 7.99. The highest BCUT2D eigenvalue weighted by Gasteiger charge is 2.40. The second-order valence-electron chi connectivity index (χ2n) is 5.50. The predicted molar refractivity (Wildman–Crippen MR) is 80.9 cm³/mol. The highest BCUT2D eigenvalue weighted by Crippen LogP contribution is 2.38. The molecule has 1 aromatic heterocycles. The van der Waals surface area contributed by atoms with Crippen LogP contribution in [0.25, 0.3) is 0 Å². The highest BCUT2D eigenvalue weighted by atomic mass is 32.2. The molecule has 2 aliphatic rings. The van der Waals surface area contributed by atoms with E-state index in [0.717, 1.165) is 30.8 Å².